The van der Waals surface area contributed by atoms with E-state index in [2.05, 4.69) is 27.4 Å². The molecule has 0 radical (unpaired) electrons. The Morgan fingerprint density at radius 3 is 3.05 bits per heavy atom. The zero-order valence-corrected chi connectivity index (χ0v) is 12.1. The van der Waals surface area contributed by atoms with Crippen LogP contribution in [-0.4, -0.2) is 22.8 Å². The van der Waals surface area contributed by atoms with Crippen LogP contribution in [0.1, 0.15) is 24.6 Å². The Kier molecular flexibility index (Phi) is 5.09. The molecule has 0 spiro atoms. The van der Waals surface area contributed by atoms with Crippen LogP contribution in [0.2, 0.25) is 0 Å². The number of H-pyrrole nitrogens is 1. The standard InChI is InChI=1S/C15H18N4O2/c1-3-7-21-13-6-4-5-12(9-13)10-16-19-15-17-11(2)8-14(20)18-15/h4-6,8-10H,3,7H2,1-2H3,(H2,17,18,19,20)/b16-10-. The molecule has 0 saturated heterocycles. The Balaban J connectivity index is 2.02. The predicted octanol–water partition coefficient (Wildman–Crippen LogP) is 2.31. The zero-order valence-electron chi connectivity index (χ0n) is 12.1. The summed E-state index contributed by atoms with van der Waals surface area (Å²) in [5.41, 5.74) is 4.01. The van der Waals surface area contributed by atoms with Gasteiger partial charge in [0.15, 0.2) is 0 Å². The second kappa shape index (κ2) is 7.23. The monoisotopic (exact) mass is 286 g/mol. The lowest BCUT2D eigenvalue weighted by Crippen LogP contribution is -2.10. The quantitative estimate of drug-likeness (QED) is 0.631. The van der Waals surface area contributed by atoms with E-state index in [1.54, 1.807) is 13.1 Å². The fourth-order valence-corrected chi connectivity index (χ4v) is 1.70. The number of anilines is 1. The minimum atomic E-state index is -0.213. The first-order valence-electron chi connectivity index (χ1n) is 6.77. The molecular formula is C15H18N4O2. The van der Waals surface area contributed by atoms with Crippen molar-refractivity contribution in [1.29, 1.82) is 0 Å². The smallest absolute Gasteiger partial charge is 0.252 e. The maximum Gasteiger partial charge on any atom is 0.252 e. The number of aromatic amines is 1. The van der Waals surface area contributed by atoms with Crippen LogP contribution >= 0.6 is 0 Å². The third-order valence-electron chi connectivity index (χ3n) is 2.58. The fourth-order valence-electron chi connectivity index (χ4n) is 1.70. The summed E-state index contributed by atoms with van der Waals surface area (Å²) in [6.07, 6.45) is 2.60. The number of hydrogen-bond acceptors (Lipinski definition) is 5. The summed E-state index contributed by atoms with van der Waals surface area (Å²) in [6.45, 7) is 4.50. The molecule has 1 heterocycles. The number of hydrogen-bond donors (Lipinski definition) is 2. The number of aromatic nitrogens is 2. The highest BCUT2D eigenvalue weighted by atomic mass is 16.5. The summed E-state index contributed by atoms with van der Waals surface area (Å²) < 4.78 is 5.55. The van der Waals surface area contributed by atoms with Crippen molar-refractivity contribution in [3.8, 4) is 5.75 Å². The van der Waals surface area contributed by atoms with Gasteiger partial charge in [-0.05, 0) is 31.0 Å². The van der Waals surface area contributed by atoms with Crippen LogP contribution in [0, 0.1) is 6.92 Å². The van der Waals surface area contributed by atoms with Crippen molar-refractivity contribution in [3.05, 3.63) is 51.9 Å². The minimum Gasteiger partial charge on any atom is -0.494 e. The van der Waals surface area contributed by atoms with Gasteiger partial charge in [0, 0.05) is 11.8 Å². The zero-order chi connectivity index (χ0) is 15.1. The molecule has 6 nitrogen and oxygen atoms in total. The summed E-state index contributed by atoms with van der Waals surface area (Å²) >= 11 is 0. The Bertz CT molecular complexity index is 679. The van der Waals surface area contributed by atoms with Gasteiger partial charge in [-0.1, -0.05) is 19.1 Å². The van der Waals surface area contributed by atoms with E-state index >= 15 is 0 Å². The van der Waals surface area contributed by atoms with Gasteiger partial charge in [0.2, 0.25) is 5.95 Å². The van der Waals surface area contributed by atoms with Gasteiger partial charge in [0.05, 0.1) is 12.8 Å². The fraction of sp³-hybridized carbons (Fsp3) is 0.267. The van der Waals surface area contributed by atoms with E-state index in [0.717, 1.165) is 17.7 Å². The number of ether oxygens (including phenoxy) is 1. The van der Waals surface area contributed by atoms with E-state index in [0.29, 0.717) is 18.2 Å². The predicted molar refractivity (Wildman–Crippen MR) is 83.0 cm³/mol. The van der Waals surface area contributed by atoms with Gasteiger partial charge < -0.3 is 4.74 Å². The van der Waals surface area contributed by atoms with Gasteiger partial charge in [0.1, 0.15) is 5.75 Å². The van der Waals surface area contributed by atoms with Crippen molar-refractivity contribution >= 4 is 12.2 Å². The SMILES string of the molecule is CCCOc1cccc(/C=N\Nc2nc(C)cc(=O)[nH]2)c1. The highest BCUT2D eigenvalue weighted by Crippen LogP contribution is 2.12. The van der Waals surface area contributed by atoms with Crippen LogP contribution in [0.5, 0.6) is 5.75 Å². The molecule has 6 heteroatoms. The van der Waals surface area contributed by atoms with E-state index in [4.69, 9.17) is 4.74 Å². The lowest BCUT2D eigenvalue weighted by molar-refractivity contribution is 0.317. The largest absolute Gasteiger partial charge is 0.494 e. The lowest BCUT2D eigenvalue weighted by atomic mass is 10.2. The van der Waals surface area contributed by atoms with Crippen molar-refractivity contribution in [2.24, 2.45) is 5.10 Å². The summed E-state index contributed by atoms with van der Waals surface area (Å²) in [5, 5.41) is 4.05. The molecular weight excluding hydrogens is 268 g/mol. The number of rotatable bonds is 6. The Morgan fingerprint density at radius 1 is 1.43 bits per heavy atom. The molecule has 0 bridgehead atoms. The lowest BCUT2D eigenvalue weighted by Gasteiger charge is -2.04. The molecule has 0 aliphatic heterocycles. The third kappa shape index (κ3) is 4.76. The first kappa shape index (κ1) is 14.8. The first-order chi connectivity index (χ1) is 10.2. The van der Waals surface area contributed by atoms with E-state index in [1.807, 2.05) is 24.3 Å². The Labute approximate surface area is 122 Å². The molecule has 1 aromatic heterocycles. The maximum absolute atomic E-state index is 11.3. The third-order valence-corrected chi connectivity index (χ3v) is 2.58. The van der Waals surface area contributed by atoms with Crippen molar-refractivity contribution in [1.82, 2.24) is 9.97 Å². The van der Waals surface area contributed by atoms with Crippen LogP contribution in [0.3, 0.4) is 0 Å². The van der Waals surface area contributed by atoms with Crippen molar-refractivity contribution in [2.75, 3.05) is 12.0 Å². The number of nitrogens with zero attached hydrogens (tertiary/aromatic N) is 2. The summed E-state index contributed by atoms with van der Waals surface area (Å²) in [6, 6.07) is 9.03. The van der Waals surface area contributed by atoms with Gasteiger partial charge in [-0.2, -0.15) is 5.10 Å². The van der Waals surface area contributed by atoms with Crippen molar-refractivity contribution in [2.45, 2.75) is 20.3 Å². The van der Waals surface area contributed by atoms with E-state index in [1.165, 1.54) is 6.07 Å². The molecule has 0 saturated carbocycles. The van der Waals surface area contributed by atoms with Crippen molar-refractivity contribution < 1.29 is 4.74 Å². The number of nitrogens with one attached hydrogen (secondary N) is 2. The molecule has 2 rings (SSSR count). The Hall–Kier alpha value is -2.63. The molecule has 0 fully saturated rings. The van der Waals surface area contributed by atoms with Crippen LogP contribution in [-0.2, 0) is 0 Å². The molecule has 0 unspecified atom stereocenters. The normalized spacial score (nSPS) is 10.8. The van der Waals surface area contributed by atoms with E-state index < -0.39 is 0 Å². The van der Waals surface area contributed by atoms with E-state index in [9.17, 15) is 4.79 Å². The molecule has 2 N–H and O–H groups in total. The number of benzene rings is 1. The molecule has 0 amide bonds. The molecule has 21 heavy (non-hydrogen) atoms. The maximum atomic E-state index is 11.3. The molecule has 110 valence electrons. The van der Waals surface area contributed by atoms with Gasteiger partial charge in [-0.25, -0.2) is 10.4 Å². The van der Waals surface area contributed by atoms with Crippen LogP contribution in [0.25, 0.3) is 0 Å². The summed E-state index contributed by atoms with van der Waals surface area (Å²) in [7, 11) is 0. The molecule has 0 atom stereocenters. The van der Waals surface area contributed by atoms with Crippen LogP contribution in [0.4, 0.5) is 5.95 Å². The van der Waals surface area contributed by atoms with Gasteiger partial charge in [0.25, 0.3) is 5.56 Å². The van der Waals surface area contributed by atoms with Crippen LogP contribution < -0.4 is 15.7 Å². The average molecular weight is 286 g/mol. The minimum absolute atomic E-state index is 0.213. The molecule has 1 aromatic carbocycles. The molecule has 2 aromatic rings. The van der Waals surface area contributed by atoms with Crippen LogP contribution in [0.15, 0.2) is 40.2 Å². The molecule has 0 aliphatic carbocycles. The summed E-state index contributed by atoms with van der Waals surface area (Å²) in [4.78, 5) is 18.0. The first-order valence-corrected chi connectivity index (χ1v) is 6.77. The second-order valence-electron chi connectivity index (χ2n) is 4.53. The average Bonchev–Trinajstić information content (AvgIpc) is 2.44. The Morgan fingerprint density at radius 2 is 2.29 bits per heavy atom. The van der Waals surface area contributed by atoms with Gasteiger partial charge in [-0.15, -0.1) is 0 Å². The highest BCUT2D eigenvalue weighted by Gasteiger charge is 1.96. The second-order valence-corrected chi connectivity index (χ2v) is 4.53. The summed E-state index contributed by atoms with van der Waals surface area (Å²) in [5.74, 6) is 1.12. The van der Waals surface area contributed by atoms with Gasteiger partial charge in [-0.3, -0.25) is 9.78 Å². The van der Waals surface area contributed by atoms with Gasteiger partial charge >= 0.3 is 0 Å². The van der Waals surface area contributed by atoms with Crippen molar-refractivity contribution in [3.63, 3.8) is 0 Å². The number of aryl methyl sites for hydroxylation is 1. The number of hydrazone groups is 1. The van der Waals surface area contributed by atoms with E-state index in [-0.39, 0.29) is 5.56 Å². The topological polar surface area (TPSA) is 79.4 Å². The molecule has 0 aliphatic rings. The highest BCUT2D eigenvalue weighted by molar-refractivity contribution is 5.80.